The molecule has 9 heteroatoms. The highest BCUT2D eigenvalue weighted by molar-refractivity contribution is 5.79. The molecule has 1 N–H and O–H groups in total. The minimum absolute atomic E-state index is 0.0412. The van der Waals surface area contributed by atoms with Gasteiger partial charge in [0.25, 0.3) is 0 Å². The van der Waals surface area contributed by atoms with Crippen LogP contribution >= 0.6 is 0 Å². The van der Waals surface area contributed by atoms with E-state index in [1.54, 1.807) is 7.05 Å². The highest BCUT2D eigenvalue weighted by atomic mass is 19.4. The van der Waals surface area contributed by atoms with Crippen LogP contribution in [-0.4, -0.2) is 62.8 Å². The lowest BCUT2D eigenvalue weighted by Gasteiger charge is -2.24. The molecule has 0 saturated carbocycles. The Morgan fingerprint density at radius 1 is 1.52 bits per heavy atom. The highest BCUT2D eigenvalue weighted by Crippen LogP contribution is 2.34. The number of aliphatic imine (C=N–C) groups is 1. The fourth-order valence-electron chi connectivity index (χ4n) is 2.62. The fraction of sp³-hybridized carbons (Fsp3) is 0.625. The van der Waals surface area contributed by atoms with Crippen molar-refractivity contribution in [3.05, 3.63) is 23.9 Å². The van der Waals surface area contributed by atoms with Gasteiger partial charge in [-0.2, -0.15) is 13.2 Å². The second kappa shape index (κ2) is 8.89. The second-order valence-corrected chi connectivity index (χ2v) is 5.79. The third kappa shape index (κ3) is 5.77. The van der Waals surface area contributed by atoms with Gasteiger partial charge in [-0.3, -0.25) is 4.99 Å². The van der Waals surface area contributed by atoms with Gasteiger partial charge in [0.05, 0.1) is 13.2 Å². The first-order valence-corrected chi connectivity index (χ1v) is 8.06. The van der Waals surface area contributed by atoms with Crippen LogP contribution in [0.25, 0.3) is 0 Å². The van der Waals surface area contributed by atoms with Gasteiger partial charge in [-0.15, -0.1) is 0 Å². The fourth-order valence-corrected chi connectivity index (χ4v) is 2.62. The molecule has 2 heterocycles. The Morgan fingerprint density at radius 3 is 2.96 bits per heavy atom. The van der Waals surface area contributed by atoms with Gasteiger partial charge in [0.15, 0.2) is 5.96 Å². The molecule has 2 rings (SSSR count). The SMILES string of the molecule is CN=C(NCCOc1ncccc1C(F)(F)F)N(C)CC1CCOC1. The molecule has 25 heavy (non-hydrogen) atoms. The molecule has 1 aliphatic rings. The summed E-state index contributed by atoms with van der Waals surface area (Å²) in [6.07, 6.45) is -2.20. The molecule has 0 spiro atoms. The first kappa shape index (κ1) is 19.3. The lowest BCUT2D eigenvalue weighted by molar-refractivity contribution is -0.139. The number of hydrogen-bond acceptors (Lipinski definition) is 4. The van der Waals surface area contributed by atoms with Crippen molar-refractivity contribution in [1.29, 1.82) is 0 Å². The number of aromatic nitrogens is 1. The third-order valence-electron chi connectivity index (χ3n) is 3.83. The summed E-state index contributed by atoms with van der Waals surface area (Å²) in [5, 5.41) is 3.07. The molecule has 1 atom stereocenters. The van der Waals surface area contributed by atoms with Crippen molar-refractivity contribution in [2.45, 2.75) is 12.6 Å². The summed E-state index contributed by atoms with van der Waals surface area (Å²) in [6.45, 7) is 2.68. The molecular formula is C16H23F3N4O2. The van der Waals surface area contributed by atoms with E-state index in [0.29, 0.717) is 18.4 Å². The predicted octanol–water partition coefficient (Wildman–Crippen LogP) is 2.02. The van der Waals surface area contributed by atoms with Gasteiger partial charge < -0.3 is 19.7 Å². The number of ether oxygens (including phenoxy) is 2. The number of hydrogen-bond donors (Lipinski definition) is 1. The van der Waals surface area contributed by atoms with Gasteiger partial charge in [-0.25, -0.2) is 4.98 Å². The van der Waals surface area contributed by atoms with Crippen molar-refractivity contribution in [2.24, 2.45) is 10.9 Å². The molecule has 6 nitrogen and oxygen atoms in total. The highest BCUT2D eigenvalue weighted by Gasteiger charge is 2.35. The molecule has 140 valence electrons. The molecule has 0 amide bonds. The van der Waals surface area contributed by atoms with Crippen LogP contribution in [0.3, 0.4) is 0 Å². The van der Waals surface area contributed by atoms with Crippen molar-refractivity contribution in [2.75, 3.05) is 47.0 Å². The van der Waals surface area contributed by atoms with Crippen molar-refractivity contribution in [3.63, 3.8) is 0 Å². The monoisotopic (exact) mass is 360 g/mol. The zero-order valence-corrected chi connectivity index (χ0v) is 14.3. The standard InChI is InChI=1S/C16H23F3N4O2/c1-20-15(23(2)10-12-5-8-24-11-12)22-7-9-25-14-13(16(17,18)19)4-3-6-21-14/h3-4,6,12H,5,7-11H2,1-2H3,(H,20,22). The topological polar surface area (TPSA) is 59.0 Å². The van der Waals surface area contributed by atoms with E-state index in [2.05, 4.69) is 15.3 Å². The minimum Gasteiger partial charge on any atom is -0.475 e. The Morgan fingerprint density at radius 2 is 2.32 bits per heavy atom. The molecule has 1 aliphatic heterocycles. The predicted molar refractivity (Wildman–Crippen MR) is 87.7 cm³/mol. The van der Waals surface area contributed by atoms with Gasteiger partial charge in [-0.05, 0) is 18.6 Å². The average molecular weight is 360 g/mol. The maximum Gasteiger partial charge on any atom is 0.421 e. The first-order valence-electron chi connectivity index (χ1n) is 8.06. The van der Waals surface area contributed by atoms with Crippen LogP contribution in [-0.2, 0) is 10.9 Å². The Labute approximate surface area is 145 Å². The van der Waals surface area contributed by atoms with Crippen molar-refractivity contribution >= 4 is 5.96 Å². The largest absolute Gasteiger partial charge is 0.475 e. The van der Waals surface area contributed by atoms with E-state index in [-0.39, 0.29) is 6.61 Å². The summed E-state index contributed by atoms with van der Waals surface area (Å²) >= 11 is 0. The second-order valence-electron chi connectivity index (χ2n) is 5.79. The lowest BCUT2D eigenvalue weighted by Crippen LogP contribution is -2.42. The maximum absolute atomic E-state index is 12.9. The van der Waals surface area contributed by atoms with E-state index in [1.165, 1.54) is 12.3 Å². The summed E-state index contributed by atoms with van der Waals surface area (Å²) in [7, 11) is 3.57. The van der Waals surface area contributed by atoms with Gasteiger partial charge in [0.1, 0.15) is 12.2 Å². The van der Waals surface area contributed by atoms with Crippen LogP contribution in [0.2, 0.25) is 0 Å². The smallest absolute Gasteiger partial charge is 0.421 e. The molecule has 0 bridgehead atoms. The van der Waals surface area contributed by atoms with Crippen LogP contribution in [0.4, 0.5) is 13.2 Å². The van der Waals surface area contributed by atoms with E-state index >= 15 is 0 Å². The third-order valence-corrected chi connectivity index (χ3v) is 3.83. The van der Waals surface area contributed by atoms with Gasteiger partial charge in [0, 0.05) is 39.4 Å². The maximum atomic E-state index is 12.9. The van der Waals surface area contributed by atoms with Gasteiger partial charge in [-0.1, -0.05) is 0 Å². The van der Waals surface area contributed by atoms with Crippen molar-refractivity contribution < 1.29 is 22.6 Å². The van der Waals surface area contributed by atoms with E-state index in [4.69, 9.17) is 9.47 Å². The van der Waals surface area contributed by atoms with E-state index in [9.17, 15) is 13.2 Å². The number of pyridine rings is 1. The van der Waals surface area contributed by atoms with Crippen LogP contribution in [0, 0.1) is 5.92 Å². The summed E-state index contributed by atoms with van der Waals surface area (Å²) in [5.74, 6) is 0.707. The van der Waals surface area contributed by atoms with Crippen LogP contribution < -0.4 is 10.1 Å². The number of halogens is 3. The Hall–Kier alpha value is -2.03. The summed E-state index contributed by atoms with van der Waals surface area (Å²) in [6, 6.07) is 2.18. The molecule has 1 saturated heterocycles. The van der Waals surface area contributed by atoms with Crippen LogP contribution in [0.15, 0.2) is 23.3 Å². The Kier molecular flexibility index (Phi) is 6.86. The first-order chi connectivity index (χ1) is 11.9. The number of rotatable bonds is 6. The number of guanidine groups is 1. The summed E-state index contributed by atoms with van der Waals surface area (Å²) in [5.41, 5.74) is -0.877. The molecule has 0 aromatic carbocycles. The number of alkyl halides is 3. The zero-order valence-electron chi connectivity index (χ0n) is 14.3. The molecule has 1 aromatic heterocycles. The van der Waals surface area contributed by atoms with Gasteiger partial charge in [0.2, 0.25) is 5.88 Å². The van der Waals surface area contributed by atoms with Crippen LogP contribution in [0.5, 0.6) is 5.88 Å². The molecule has 0 radical (unpaired) electrons. The normalized spacial score (nSPS) is 18.3. The van der Waals surface area contributed by atoms with Crippen molar-refractivity contribution in [3.8, 4) is 5.88 Å². The molecule has 1 fully saturated rings. The quantitative estimate of drug-likeness (QED) is 0.478. The molecule has 0 aliphatic carbocycles. The Bertz CT molecular complexity index is 575. The number of nitrogens with zero attached hydrogens (tertiary/aromatic N) is 3. The zero-order chi connectivity index (χ0) is 18.3. The van der Waals surface area contributed by atoms with Gasteiger partial charge >= 0.3 is 6.18 Å². The van der Waals surface area contributed by atoms with E-state index in [1.807, 2.05) is 11.9 Å². The summed E-state index contributed by atoms with van der Waals surface area (Å²) < 4.78 is 49.1. The Balaban J connectivity index is 1.80. The lowest BCUT2D eigenvalue weighted by atomic mass is 10.1. The molecule has 1 unspecified atom stereocenters. The van der Waals surface area contributed by atoms with E-state index < -0.39 is 17.6 Å². The number of nitrogens with one attached hydrogen (secondary N) is 1. The van der Waals surface area contributed by atoms with Crippen LogP contribution in [0.1, 0.15) is 12.0 Å². The summed E-state index contributed by atoms with van der Waals surface area (Å²) in [4.78, 5) is 9.81. The minimum atomic E-state index is -4.49. The average Bonchev–Trinajstić information content (AvgIpc) is 3.07. The van der Waals surface area contributed by atoms with Crippen molar-refractivity contribution in [1.82, 2.24) is 15.2 Å². The molecular weight excluding hydrogens is 337 g/mol. The molecule has 1 aromatic rings. The van der Waals surface area contributed by atoms with E-state index in [0.717, 1.165) is 32.2 Å².